The molecule has 1 amide bonds. The van der Waals surface area contributed by atoms with Gasteiger partial charge in [-0.05, 0) is 45.0 Å². The lowest BCUT2D eigenvalue weighted by Gasteiger charge is -2.34. The Kier molecular flexibility index (Phi) is 6.72. The average molecular weight is 304 g/mol. The first-order chi connectivity index (χ1) is 10.6. The summed E-state index contributed by atoms with van der Waals surface area (Å²) in [7, 11) is 4.20. The van der Waals surface area contributed by atoms with Crippen LogP contribution in [-0.2, 0) is 4.79 Å². The molecule has 1 aliphatic carbocycles. The van der Waals surface area contributed by atoms with Crippen molar-refractivity contribution < 1.29 is 9.53 Å². The molecule has 2 unspecified atom stereocenters. The molecule has 0 radical (unpaired) electrons. The minimum absolute atomic E-state index is 0.103. The van der Waals surface area contributed by atoms with Crippen LogP contribution in [0.15, 0.2) is 30.3 Å². The number of hydrogen-bond donors (Lipinski definition) is 1. The normalized spacial score (nSPS) is 21.6. The van der Waals surface area contributed by atoms with Gasteiger partial charge >= 0.3 is 0 Å². The van der Waals surface area contributed by atoms with Crippen LogP contribution < -0.4 is 10.1 Å². The summed E-state index contributed by atoms with van der Waals surface area (Å²) in [4.78, 5) is 14.3. The van der Waals surface area contributed by atoms with Gasteiger partial charge in [-0.1, -0.05) is 31.0 Å². The second-order valence-corrected chi connectivity index (χ2v) is 6.39. The van der Waals surface area contributed by atoms with Crippen LogP contribution >= 0.6 is 0 Å². The third-order valence-corrected chi connectivity index (χ3v) is 4.20. The summed E-state index contributed by atoms with van der Waals surface area (Å²) >= 11 is 0. The number of carbonyl (C=O) groups is 1. The van der Waals surface area contributed by atoms with Crippen molar-refractivity contribution >= 4 is 5.91 Å². The van der Waals surface area contributed by atoms with Gasteiger partial charge < -0.3 is 15.0 Å². The highest BCUT2D eigenvalue weighted by molar-refractivity contribution is 5.76. The molecule has 1 saturated carbocycles. The Balaban J connectivity index is 1.72. The predicted octanol–water partition coefficient (Wildman–Crippen LogP) is 2.69. The lowest BCUT2D eigenvalue weighted by Crippen LogP contribution is -2.45. The number of carbonyl (C=O) groups excluding carboxylic acids is 1. The molecule has 0 heterocycles. The van der Waals surface area contributed by atoms with Gasteiger partial charge in [0.15, 0.2) is 0 Å². The highest BCUT2D eigenvalue weighted by atomic mass is 16.5. The third-order valence-electron chi connectivity index (χ3n) is 4.20. The van der Waals surface area contributed by atoms with Gasteiger partial charge in [-0.25, -0.2) is 0 Å². The largest absolute Gasteiger partial charge is 0.493 e. The second-order valence-electron chi connectivity index (χ2n) is 6.39. The van der Waals surface area contributed by atoms with Crippen LogP contribution in [-0.4, -0.2) is 44.1 Å². The van der Waals surface area contributed by atoms with Crippen LogP contribution in [0.5, 0.6) is 5.75 Å². The number of hydrogen-bond acceptors (Lipinski definition) is 3. The molecule has 0 saturated heterocycles. The maximum Gasteiger partial charge on any atom is 0.223 e. The van der Waals surface area contributed by atoms with E-state index in [1.54, 1.807) is 0 Å². The summed E-state index contributed by atoms with van der Waals surface area (Å²) in [6.45, 7) is 1.48. The molecule has 1 aliphatic rings. The number of nitrogens with one attached hydrogen (secondary N) is 1. The standard InChI is InChI=1S/C18H28N2O2/c1-20(2)14-15-8-6-7-11-17(15)19-18(21)12-13-22-16-9-4-3-5-10-16/h3-5,9-10,15,17H,6-8,11-14H2,1-2H3,(H,19,21). The molecular formula is C18H28N2O2. The Bertz CT molecular complexity index is 448. The molecule has 122 valence electrons. The summed E-state index contributed by atoms with van der Waals surface area (Å²) in [5.74, 6) is 1.49. The molecule has 1 N–H and O–H groups in total. The van der Waals surface area contributed by atoms with Gasteiger partial charge in [0.2, 0.25) is 5.91 Å². The zero-order valence-corrected chi connectivity index (χ0v) is 13.8. The first-order valence-electron chi connectivity index (χ1n) is 8.27. The van der Waals surface area contributed by atoms with E-state index < -0.39 is 0 Å². The van der Waals surface area contributed by atoms with Crippen molar-refractivity contribution in [3.8, 4) is 5.75 Å². The van der Waals surface area contributed by atoms with E-state index in [-0.39, 0.29) is 5.91 Å². The van der Waals surface area contributed by atoms with Crippen molar-refractivity contribution in [2.24, 2.45) is 5.92 Å². The molecule has 1 aromatic rings. The molecular weight excluding hydrogens is 276 g/mol. The molecule has 2 rings (SSSR count). The van der Waals surface area contributed by atoms with Gasteiger partial charge in [0, 0.05) is 12.6 Å². The number of amides is 1. The first-order valence-corrected chi connectivity index (χ1v) is 8.27. The molecule has 4 heteroatoms. The van der Waals surface area contributed by atoms with Crippen LogP contribution in [0.25, 0.3) is 0 Å². The van der Waals surface area contributed by atoms with Gasteiger partial charge in [0.25, 0.3) is 0 Å². The van der Waals surface area contributed by atoms with E-state index in [1.165, 1.54) is 19.3 Å². The molecule has 0 spiro atoms. The van der Waals surface area contributed by atoms with E-state index in [9.17, 15) is 4.79 Å². The SMILES string of the molecule is CN(C)CC1CCCCC1NC(=O)CCOc1ccccc1. The Morgan fingerprint density at radius 1 is 1.23 bits per heavy atom. The molecule has 1 fully saturated rings. The Labute approximate surface area is 133 Å². The van der Waals surface area contributed by atoms with E-state index in [0.717, 1.165) is 18.7 Å². The minimum atomic E-state index is 0.103. The Morgan fingerprint density at radius 3 is 2.68 bits per heavy atom. The number of nitrogens with zero attached hydrogens (tertiary/aromatic N) is 1. The third kappa shape index (κ3) is 5.68. The lowest BCUT2D eigenvalue weighted by atomic mass is 9.84. The van der Waals surface area contributed by atoms with Gasteiger partial charge in [0.1, 0.15) is 5.75 Å². The zero-order valence-electron chi connectivity index (χ0n) is 13.8. The van der Waals surface area contributed by atoms with Gasteiger partial charge in [0.05, 0.1) is 13.0 Å². The van der Waals surface area contributed by atoms with Crippen LogP contribution in [0.3, 0.4) is 0 Å². The Hall–Kier alpha value is -1.55. The van der Waals surface area contributed by atoms with Crippen molar-refractivity contribution in [2.45, 2.75) is 38.1 Å². The first kappa shape index (κ1) is 16.8. The summed E-state index contributed by atoms with van der Waals surface area (Å²) in [5, 5.41) is 3.21. The smallest absolute Gasteiger partial charge is 0.223 e. The number of ether oxygens (including phenoxy) is 1. The quantitative estimate of drug-likeness (QED) is 0.842. The van der Waals surface area contributed by atoms with Crippen LogP contribution in [0.2, 0.25) is 0 Å². The zero-order chi connectivity index (χ0) is 15.8. The lowest BCUT2D eigenvalue weighted by molar-refractivity contribution is -0.123. The van der Waals surface area contributed by atoms with Crippen LogP contribution in [0, 0.1) is 5.92 Å². The monoisotopic (exact) mass is 304 g/mol. The Morgan fingerprint density at radius 2 is 1.95 bits per heavy atom. The van der Waals surface area contributed by atoms with Crippen LogP contribution in [0.4, 0.5) is 0 Å². The van der Waals surface area contributed by atoms with Crippen molar-refractivity contribution in [1.82, 2.24) is 10.2 Å². The number of para-hydroxylation sites is 1. The van der Waals surface area contributed by atoms with E-state index >= 15 is 0 Å². The van der Waals surface area contributed by atoms with E-state index in [1.807, 2.05) is 30.3 Å². The summed E-state index contributed by atoms with van der Waals surface area (Å²) in [5.41, 5.74) is 0. The fourth-order valence-electron chi connectivity index (χ4n) is 3.14. The van der Waals surface area contributed by atoms with Crippen LogP contribution in [0.1, 0.15) is 32.1 Å². The fourth-order valence-corrected chi connectivity index (χ4v) is 3.14. The number of rotatable bonds is 7. The molecule has 0 aliphatic heterocycles. The van der Waals surface area contributed by atoms with Crippen molar-refractivity contribution in [3.05, 3.63) is 30.3 Å². The summed E-state index contributed by atoms with van der Waals surface area (Å²) in [6, 6.07) is 9.96. The van der Waals surface area contributed by atoms with Crippen molar-refractivity contribution in [1.29, 1.82) is 0 Å². The molecule has 0 bridgehead atoms. The van der Waals surface area contributed by atoms with E-state index in [4.69, 9.17) is 4.74 Å². The summed E-state index contributed by atoms with van der Waals surface area (Å²) in [6.07, 6.45) is 5.23. The molecule has 4 nitrogen and oxygen atoms in total. The molecule has 22 heavy (non-hydrogen) atoms. The van der Waals surface area contributed by atoms with Gasteiger partial charge in [-0.3, -0.25) is 4.79 Å². The molecule has 0 aromatic heterocycles. The maximum absolute atomic E-state index is 12.1. The van der Waals surface area contributed by atoms with Gasteiger partial charge in [-0.15, -0.1) is 0 Å². The van der Waals surface area contributed by atoms with E-state index in [0.29, 0.717) is 25.0 Å². The van der Waals surface area contributed by atoms with E-state index in [2.05, 4.69) is 24.3 Å². The predicted molar refractivity (Wildman–Crippen MR) is 89.0 cm³/mol. The second kappa shape index (κ2) is 8.79. The fraction of sp³-hybridized carbons (Fsp3) is 0.611. The summed E-state index contributed by atoms with van der Waals surface area (Å²) < 4.78 is 5.59. The van der Waals surface area contributed by atoms with Crippen molar-refractivity contribution in [3.63, 3.8) is 0 Å². The number of benzene rings is 1. The highest BCUT2D eigenvalue weighted by Crippen LogP contribution is 2.25. The maximum atomic E-state index is 12.1. The van der Waals surface area contributed by atoms with Crippen molar-refractivity contribution in [2.75, 3.05) is 27.2 Å². The molecule has 1 aromatic carbocycles. The minimum Gasteiger partial charge on any atom is -0.493 e. The highest BCUT2D eigenvalue weighted by Gasteiger charge is 2.26. The topological polar surface area (TPSA) is 41.6 Å². The van der Waals surface area contributed by atoms with Gasteiger partial charge in [-0.2, -0.15) is 0 Å². The molecule has 2 atom stereocenters. The average Bonchev–Trinajstić information content (AvgIpc) is 2.50.